The Kier molecular flexibility index (Phi) is 6.57. The second-order valence-corrected chi connectivity index (χ2v) is 12.3. The molecule has 3 heterocycles. The van der Waals surface area contributed by atoms with Crippen LogP contribution in [-0.4, -0.2) is 61.2 Å². The van der Waals surface area contributed by atoms with Crippen LogP contribution in [0.3, 0.4) is 0 Å². The maximum absolute atomic E-state index is 13.1. The second-order valence-electron chi connectivity index (χ2n) is 10.2. The Morgan fingerprint density at radius 3 is 2.71 bits per heavy atom. The van der Waals surface area contributed by atoms with E-state index in [1.54, 1.807) is 4.68 Å². The van der Waals surface area contributed by atoms with E-state index in [9.17, 15) is 18.0 Å². The first-order valence-corrected chi connectivity index (χ1v) is 14.5. The summed E-state index contributed by atoms with van der Waals surface area (Å²) >= 11 is 0. The summed E-state index contributed by atoms with van der Waals surface area (Å²) in [5, 5.41) is 10.4. The zero-order valence-corrected chi connectivity index (χ0v) is 20.9. The third kappa shape index (κ3) is 5.86. The molecule has 35 heavy (non-hydrogen) atoms. The molecule has 1 atom stereocenters. The molecule has 10 heteroatoms. The summed E-state index contributed by atoms with van der Waals surface area (Å²) in [6, 6.07) is 8.55. The number of rotatable bonds is 10. The molecule has 0 spiro atoms. The van der Waals surface area contributed by atoms with Crippen molar-refractivity contribution in [2.45, 2.75) is 57.5 Å². The van der Waals surface area contributed by atoms with E-state index in [4.69, 9.17) is 5.10 Å². The Morgan fingerprint density at radius 2 is 2.03 bits per heavy atom. The molecule has 2 aromatic rings. The summed E-state index contributed by atoms with van der Waals surface area (Å²) in [6.45, 7) is 2.81. The Hall–Kier alpha value is -2.88. The van der Waals surface area contributed by atoms with Crippen molar-refractivity contribution in [2.75, 3.05) is 35.3 Å². The van der Waals surface area contributed by atoms with Gasteiger partial charge in [0, 0.05) is 44.0 Å². The molecule has 5 rings (SSSR count). The number of amides is 2. The number of carbonyl (C=O) groups is 2. The van der Waals surface area contributed by atoms with E-state index < -0.39 is 21.5 Å². The van der Waals surface area contributed by atoms with Crippen LogP contribution in [-0.2, 0) is 34.0 Å². The molecule has 2 amide bonds. The highest BCUT2D eigenvalue weighted by Crippen LogP contribution is 2.34. The van der Waals surface area contributed by atoms with E-state index in [2.05, 4.69) is 39.8 Å². The van der Waals surface area contributed by atoms with Crippen LogP contribution in [0.5, 0.6) is 0 Å². The molecular weight excluding hydrogens is 466 g/mol. The zero-order chi connectivity index (χ0) is 24.6. The summed E-state index contributed by atoms with van der Waals surface area (Å²) in [6.07, 6.45) is 7.79. The van der Waals surface area contributed by atoms with E-state index in [1.807, 2.05) is 0 Å². The molecular formula is C25H33N5O4S. The Labute approximate surface area is 206 Å². The van der Waals surface area contributed by atoms with Gasteiger partial charge in [0.2, 0.25) is 5.91 Å². The van der Waals surface area contributed by atoms with Gasteiger partial charge in [0.1, 0.15) is 17.1 Å². The number of carbonyl (C=O) groups excluding carboxylic acids is 2. The molecule has 1 aromatic heterocycles. The number of nitrogens with zero attached hydrogens (tertiary/aromatic N) is 3. The van der Waals surface area contributed by atoms with Crippen LogP contribution in [0.1, 0.15) is 53.7 Å². The van der Waals surface area contributed by atoms with E-state index >= 15 is 0 Å². The number of hydrogen-bond acceptors (Lipinski definition) is 6. The summed E-state index contributed by atoms with van der Waals surface area (Å²) < 4.78 is 24.8. The molecule has 1 saturated heterocycles. The number of aryl methyl sites for hydroxylation is 2. The first kappa shape index (κ1) is 23.8. The standard InChI is InChI=1S/C25H33N5O4S/c1-35(33,34)16-22(31)27-24-23-21(28-30(24)13-10-17-6-7-17)15-19(26-25(23)32)9-8-18-4-2-5-20(14-18)29-11-3-12-29/h2,4-5,14,17,19H,3,6-13,15-16H2,1H3,(H,26,32)(H,27,31)/t19-/m0/s1. The van der Waals surface area contributed by atoms with Gasteiger partial charge in [-0.2, -0.15) is 5.10 Å². The normalized spacial score (nSPS) is 19.6. The summed E-state index contributed by atoms with van der Waals surface area (Å²) in [5.74, 6) is -0.578. The number of nitrogens with one attached hydrogen (secondary N) is 2. The molecule has 1 aromatic carbocycles. The van der Waals surface area contributed by atoms with Crippen LogP contribution < -0.4 is 15.5 Å². The minimum atomic E-state index is -3.48. The topological polar surface area (TPSA) is 113 Å². The number of fused-ring (bicyclic) bond motifs is 1. The van der Waals surface area contributed by atoms with Crippen LogP contribution in [0, 0.1) is 5.92 Å². The van der Waals surface area contributed by atoms with Gasteiger partial charge >= 0.3 is 0 Å². The molecule has 3 aliphatic rings. The zero-order valence-electron chi connectivity index (χ0n) is 20.1. The van der Waals surface area contributed by atoms with Crippen molar-refractivity contribution < 1.29 is 18.0 Å². The van der Waals surface area contributed by atoms with Crippen LogP contribution in [0.4, 0.5) is 11.5 Å². The van der Waals surface area contributed by atoms with Gasteiger partial charge in [-0.1, -0.05) is 25.0 Å². The van der Waals surface area contributed by atoms with Crippen LogP contribution in [0.2, 0.25) is 0 Å². The van der Waals surface area contributed by atoms with Gasteiger partial charge in [-0.05, 0) is 49.3 Å². The van der Waals surface area contributed by atoms with Crippen molar-refractivity contribution in [3.63, 3.8) is 0 Å². The third-order valence-corrected chi connectivity index (χ3v) is 7.82. The van der Waals surface area contributed by atoms with Gasteiger partial charge in [-0.3, -0.25) is 9.59 Å². The predicted octanol–water partition coefficient (Wildman–Crippen LogP) is 2.16. The summed E-state index contributed by atoms with van der Waals surface area (Å²) in [7, 11) is -3.48. The van der Waals surface area contributed by atoms with Gasteiger partial charge in [0.25, 0.3) is 5.91 Å². The molecule has 0 bridgehead atoms. The van der Waals surface area contributed by atoms with Gasteiger partial charge < -0.3 is 15.5 Å². The Morgan fingerprint density at radius 1 is 1.23 bits per heavy atom. The first-order valence-electron chi connectivity index (χ1n) is 12.5. The van der Waals surface area contributed by atoms with Crippen molar-refractivity contribution in [1.29, 1.82) is 0 Å². The van der Waals surface area contributed by atoms with E-state index in [0.29, 0.717) is 36.0 Å². The van der Waals surface area contributed by atoms with E-state index in [0.717, 1.165) is 38.6 Å². The monoisotopic (exact) mass is 499 g/mol. The second kappa shape index (κ2) is 9.64. The van der Waals surface area contributed by atoms with Crippen molar-refractivity contribution >= 4 is 33.2 Å². The van der Waals surface area contributed by atoms with Crippen LogP contribution >= 0.6 is 0 Å². The van der Waals surface area contributed by atoms with E-state index in [-0.39, 0.29) is 11.9 Å². The first-order chi connectivity index (χ1) is 16.7. The van der Waals surface area contributed by atoms with Crippen molar-refractivity contribution in [3.8, 4) is 0 Å². The Bertz CT molecular complexity index is 1230. The highest BCUT2D eigenvalue weighted by Gasteiger charge is 2.33. The fraction of sp³-hybridized carbons (Fsp3) is 0.560. The fourth-order valence-electron chi connectivity index (χ4n) is 4.84. The summed E-state index contributed by atoms with van der Waals surface area (Å²) in [4.78, 5) is 27.9. The molecule has 1 aliphatic carbocycles. The molecule has 188 valence electrons. The SMILES string of the molecule is CS(=O)(=O)CC(=O)Nc1c2c(nn1CCC1CC1)C[C@H](CCc1cccc(N3CCC3)c1)NC2=O. The minimum Gasteiger partial charge on any atom is -0.371 e. The average Bonchev–Trinajstić information content (AvgIpc) is 3.50. The molecule has 1 saturated carbocycles. The number of anilines is 2. The average molecular weight is 500 g/mol. The van der Waals surface area contributed by atoms with Gasteiger partial charge in [-0.15, -0.1) is 0 Å². The lowest BCUT2D eigenvalue weighted by molar-refractivity contribution is -0.113. The highest BCUT2D eigenvalue weighted by atomic mass is 32.2. The Balaban J connectivity index is 1.29. The summed E-state index contributed by atoms with van der Waals surface area (Å²) in [5.41, 5.74) is 3.53. The maximum Gasteiger partial charge on any atom is 0.257 e. The van der Waals surface area contributed by atoms with Crippen LogP contribution in [0.25, 0.3) is 0 Å². The lowest BCUT2D eigenvalue weighted by Gasteiger charge is -2.33. The minimum absolute atomic E-state index is 0.0472. The van der Waals surface area contributed by atoms with Gasteiger partial charge in [0.05, 0.1) is 5.69 Å². The maximum atomic E-state index is 13.1. The van der Waals surface area contributed by atoms with Crippen molar-refractivity contribution in [2.24, 2.45) is 5.92 Å². The molecule has 9 nitrogen and oxygen atoms in total. The number of sulfone groups is 1. The molecule has 2 N–H and O–H groups in total. The van der Waals surface area contributed by atoms with Gasteiger partial charge in [-0.25, -0.2) is 13.1 Å². The number of benzene rings is 1. The van der Waals surface area contributed by atoms with E-state index in [1.165, 1.54) is 30.5 Å². The van der Waals surface area contributed by atoms with Crippen molar-refractivity contribution in [1.82, 2.24) is 15.1 Å². The predicted molar refractivity (Wildman–Crippen MR) is 134 cm³/mol. The van der Waals surface area contributed by atoms with Crippen LogP contribution in [0.15, 0.2) is 24.3 Å². The number of hydrogen-bond donors (Lipinski definition) is 2. The van der Waals surface area contributed by atoms with Gasteiger partial charge in [0.15, 0.2) is 9.84 Å². The molecule has 2 aliphatic heterocycles. The third-order valence-electron chi connectivity index (χ3n) is 7.04. The largest absolute Gasteiger partial charge is 0.371 e. The fourth-order valence-corrected chi connectivity index (χ4v) is 5.39. The van der Waals surface area contributed by atoms with Crippen molar-refractivity contribution in [3.05, 3.63) is 41.1 Å². The number of aromatic nitrogens is 2. The smallest absolute Gasteiger partial charge is 0.257 e. The lowest BCUT2D eigenvalue weighted by atomic mass is 9.96. The lowest BCUT2D eigenvalue weighted by Crippen LogP contribution is -2.41. The quantitative estimate of drug-likeness (QED) is 0.518. The molecule has 0 unspecified atom stereocenters. The molecule has 0 radical (unpaired) electrons. The molecule has 2 fully saturated rings. The highest BCUT2D eigenvalue weighted by molar-refractivity contribution is 7.91.